The number of halogens is 1. The lowest BCUT2D eigenvalue weighted by Gasteiger charge is -2.20. The first kappa shape index (κ1) is 15.4. The lowest BCUT2D eigenvalue weighted by atomic mass is 10.2. The zero-order chi connectivity index (χ0) is 14.4. The molecule has 0 saturated carbocycles. The Morgan fingerprint density at radius 2 is 2.16 bits per heavy atom. The fourth-order valence-corrected chi connectivity index (χ4v) is 1.80. The lowest BCUT2D eigenvalue weighted by molar-refractivity contribution is -0.137. The fourth-order valence-electron chi connectivity index (χ4n) is 1.55. The van der Waals surface area contributed by atoms with Crippen LogP contribution in [0.25, 0.3) is 0 Å². The molecule has 1 N–H and O–H groups in total. The Hall–Kier alpha value is -1.66. The molecule has 0 spiro atoms. The van der Waals surface area contributed by atoms with Gasteiger partial charge in [0.15, 0.2) is 0 Å². The molecule has 6 nitrogen and oxygen atoms in total. The molecule has 0 unspecified atom stereocenters. The van der Waals surface area contributed by atoms with Crippen LogP contribution in [0.1, 0.15) is 16.1 Å². The minimum atomic E-state index is -1.08. The fraction of sp³-hybridized carbons (Fsp3) is 0.417. The van der Waals surface area contributed by atoms with Gasteiger partial charge in [0.05, 0.1) is 6.61 Å². The number of carboxylic acids is 1. The van der Waals surface area contributed by atoms with Crippen LogP contribution >= 0.6 is 11.6 Å². The monoisotopic (exact) mass is 286 g/mol. The number of methoxy groups -OCH3 is 1. The number of carboxylic acid groups (broad SMARTS) is 1. The smallest absolute Gasteiger partial charge is 0.323 e. The van der Waals surface area contributed by atoms with Crippen molar-refractivity contribution < 1.29 is 19.4 Å². The number of carbonyl (C=O) groups is 2. The van der Waals surface area contributed by atoms with Gasteiger partial charge in [0.2, 0.25) is 0 Å². The maximum absolute atomic E-state index is 12.2. The third-order valence-electron chi connectivity index (χ3n) is 2.35. The second kappa shape index (κ2) is 7.06. The van der Waals surface area contributed by atoms with Crippen molar-refractivity contribution in [3.05, 3.63) is 28.5 Å². The number of aromatic nitrogens is 1. The van der Waals surface area contributed by atoms with Gasteiger partial charge in [-0.3, -0.25) is 9.59 Å². The number of rotatable bonds is 6. The molecule has 0 bridgehead atoms. The lowest BCUT2D eigenvalue weighted by Crippen LogP contribution is -2.38. The van der Waals surface area contributed by atoms with Crippen LogP contribution in [0.3, 0.4) is 0 Å². The standard InChI is InChI=1S/C12H15ClN2O4/c1-8-5-9(6-10(13)14-8)12(18)15(3-4-19-2)7-11(16)17/h5-6H,3-4,7H2,1-2H3,(H,16,17). The van der Waals surface area contributed by atoms with E-state index in [4.69, 9.17) is 21.4 Å². The summed E-state index contributed by atoms with van der Waals surface area (Å²) in [5.41, 5.74) is 0.910. The number of pyridine rings is 1. The first-order valence-corrected chi connectivity index (χ1v) is 5.96. The molecule has 0 radical (unpaired) electrons. The van der Waals surface area contributed by atoms with Crippen molar-refractivity contribution in [1.82, 2.24) is 9.88 Å². The largest absolute Gasteiger partial charge is 0.480 e. The molecule has 104 valence electrons. The molecule has 0 saturated heterocycles. The van der Waals surface area contributed by atoms with E-state index in [1.165, 1.54) is 18.1 Å². The number of aliphatic carboxylic acids is 1. The molecule has 0 aromatic carbocycles. The van der Waals surface area contributed by atoms with Crippen molar-refractivity contribution in [2.45, 2.75) is 6.92 Å². The van der Waals surface area contributed by atoms with Gasteiger partial charge in [-0.15, -0.1) is 0 Å². The predicted octanol–water partition coefficient (Wildman–Crippen LogP) is 1.22. The van der Waals surface area contributed by atoms with Gasteiger partial charge >= 0.3 is 5.97 Å². The van der Waals surface area contributed by atoms with E-state index in [0.717, 1.165) is 0 Å². The van der Waals surface area contributed by atoms with E-state index in [0.29, 0.717) is 11.3 Å². The first-order valence-electron chi connectivity index (χ1n) is 5.58. The highest BCUT2D eigenvalue weighted by Gasteiger charge is 2.19. The van der Waals surface area contributed by atoms with E-state index in [1.807, 2.05) is 0 Å². The van der Waals surface area contributed by atoms with Gasteiger partial charge in [-0.2, -0.15) is 0 Å². The molecule has 0 fully saturated rings. The predicted molar refractivity (Wildman–Crippen MR) is 69.4 cm³/mol. The Morgan fingerprint density at radius 3 is 2.68 bits per heavy atom. The van der Waals surface area contributed by atoms with Crippen LogP contribution in [0.4, 0.5) is 0 Å². The summed E-state index contributed by atoms with van der Waals surface area (Å²) in [6.07, 6.45) is 0. The van der Waals surface area contributed by atoms with Gasteiger partial charge < -0.3 is 14.7 Å². The highest BCUT2D eigenvalue weighted by Crippen LogP contribution is 2.12. The van der Waals surface area contributed by atoms with Crippen LogP contribution < -0.4 is 0 Å². The van der Waals surface area contributed by atoms with Gasteiger partial charge in [-0.05, 0) is 19.1 Å². The summed E-state index contributed by atoms with van der Waals surface area (Å²) in [7, 11) is 1.48. The average Bonchev–Trinajstić information content (AvgIpc) is 2.32. The summed E-state index contributed by atoms with van der Waals surface area (Å²) in [5, 5.41) is 9.01. The summed E-state index contributed by atoms with van der Waals surface area (Å²) in [5.74, 6) is -1.49. The van der Waals surface area contributed by atoms with E-state index < -0.39 is 11.9 Å². The molecule has 0 aliphatic carbocycles. The van der Waals surface area contributed by atoms with E-state index in [2.05, 4.69) is 4.98 Å². The van der Waals surface area contributed by atoms with Crippen LogP contribution in [-0.2, 0) is 9.53 Å². The summed E-state index contributed by atoms with van der Waals surface area (Å²) >= 11 is 5.79. The zero-order valence-corrected chi connectivity index (χ0v) is 11.5. The van der Waals surface area contributed by atoms with E-state index in [-0.39, 0.29) is 24.8 Å². The zero-order valence-electron chi connectivity index (χ0n) is 10.7. The number of carbonyl (C=O) groups excluding carboxylic acids is 1. The molecule has 1 rings (SSSR count). The molecule has 1 amide bonds. The second-order valence-corrected chi connectivity index (χ2v) is 4.32. The number of amides is 1. The van der Waals surface area contributed by atoms with Gasteiger partial charge in [0.1, 0.15) is 11.7 Å². The molecule has 0 aliphatic rings. The van der Waals surface area contributed by atoms with Crippen LogP contribution in [0, 0.1) is 6.92 Å². The molecular weight excluding hydrogens is 272 g/mol. The van der Waals surface area contributed by atoms with E-state index >= 15 is 0 Å². The topological polar surface area (TPSA) is 79.7 Å². The third-order valence-corrected chi connectivity index (χ3v) is 2.54. The van der Waals surface area contributed by atoms with Gasteiger partial charge in [0, 0.05) is 24.9 Å². The van der Waals surface area contributed by atoms with Crippen LogP contribution in [-0.4, -0.2) is 53.7 Å². The molecule has 19 heavy (non-hydrogen) atoms. The van der Waals surface area contributed by atoms with Crippen molar-refractivity contribution in [2.24, 2.45) is 0 Å². The number of hydrogen-bond donors (Lipinski definition) is 1. The minimum absolute atomic E-state index is 0.195. The highest BCUT2D eigenvalue weighted by molar-refractivity contribution is 6.29. The van der Waals surface area contributed by atoms with Gasteiger partial charge in [-0.1, -0.05) is 11.6 Å². The van der Waals surface area contributed by atoms with Crippen molar-refractivity contribution in [3.63, 3.8) is 0 Å². The quantitative estimate of drug-likeness (QED) is 0.795. The summed E-state index contributed by atoms with van der Waals surface area (Å²) in [4.78, 5) is 28.1. The summed E-state index contributed by atoms with van der Waals surface area (Å²) in [6.45, 7) is 1.78. The molecule has 1 aromatic heterocycles. The maximum atomic E-state index is 12.2. The molecule has 0 atom stereocenters. The van der Waals surface area contributed by atoms with Gasteiger partial charge in [-0.25, -0.2) is 4.98 Å². The highest BCUT2D eigenvalue weighted by atomic mass is 35.5. The number of hydrogen-bond acceptors (Lipinski definition) is 4. The Morgan fingerprint density at radius 1 is 1.47 bits per heavy atom. The minimum Gasteiger partial charge on any atom is -0.480 e. The molecular formula is C12H15ClN2O4. The summed E-state index contributed by atoms with van der Waals surface area (Å²) < 4.78 is 4.86. The number of ether oxygens (including phenoxy) is 1. The molecule has 1 heterocycles. The van der Waals surface area contributed by atoms with Crippen molar-refractivity contribution in [2.75, 3.05) is 26.8 Å². The number of nitrogens with zero attached hydrogens (tertiary/aromatic N) is 2. The second-order valence-electron chi connectivity index (χ2n) is 3.93. The average molecular weight is 287 g/mol. The van der Waals surface area contributed by atoms with Crippen LogP contribution in [0.15, 0.2) is 12.1 Å². The maximum Gasteiger partial charge on any atom is 0.323 e. The van der Waals surface area contributed by atoms with Gasteiger partial charge in [0.25, 0.3) is 5.91 Å². The Labute approximate surface area is 115 Å². The number of aryl methyl sites for hydroxylation is 1. The normalized spacial score (nSPS) is 10.3. The van der Waals surface area contributed by atoms with Crippen LogP contribution in [0.5, 0.6) is 0 Å². The Balaban J connectivity index is 2.93. The third kappa shape index (κ3) is 4.84. The van der Waals surface area contributed by atoms with Crippen molar-refractivity contribution >= 4 is 23.5 Å². The molecule has 0 aliphatic heterocycles. The van der Waals surface area contributed by atoms with E-state index in [9.17, 15) is 9.59 Å². The Bertz CT molecular complexity index is 459. The molecule has 1 aromatic rings. The van der Waals surface area contributed by atoms with Crippen molar-refractivity contribution in [1.29, 1.82) is 0 Å². The Kier molecular flexibility index (Phi) is 5.72. The van der Waals surface area contributed by atoms with E-state index in [1.54, 1.807) is 13.0 Å². The molecule has 7 heteroatoms. The van der Waals surface area contributed by atoms with Crippen LogP contribution in [0.2, 0.25) is 5.15 Å². The summed E-state index contributed by atoms with van der Waals surface area (Å²) in [6, 6.07) is 2.98. The van der Waals surface area contributed by atoms with Crippen molar-refractivity contribution in [3.8, 4) is 0 Å². The SMILES string of the molecule is COCCN(CC(=O)O)C(=O)c1cc(C)nc(Cl)c1. The first-order chi connectivity index (χ1) is 8.93.